The van der Waals surface area contributed by atoms with Gasteiger partial charge in [-0.3, -0.25) is 4.79 Å². The standard InChI is InChI=1S/C28H17F3O5/c1-16-5-4-8-19(13-16)27(33)35-21-11-12-22-23(15-21)36-26(28(29,30)31)25(24(22)32)34-20-10-9-17-6-2-3-7-18(17)14-20/h2-15H,1H3. The molecule has 0 atom stereocenters. The van der Waals surface area contributed by atoms with Gasteiger partial charge in [0.2, 0.25) is 11.2 Å². The number of rotatable bonds is 4. The largest absolute Gasteiger partial charge is 0.453 e. The quantitative estimate of drug-likeness (QED) is 0.196. The molecule has 4 aromatic carbocycles. The van der Waals surface area contributed by atoms with Gasteiger partial charge in [-0.1, -0.05) is 48.0 Å². The van der Waals surface area contributed by atoms with E-state index in [1.165, 1.54) is 24.3 Å². The zero-order valence-electron chi connectivity index (χ0n) is 18.8. The van der Waals surface area contributed by atoms with E-state index in [2.05, 4.69) is 0 Å². The van der Waals surface area contributed by atoms with Gasteiger partial charge in [0.1, 0.15) is 17.1 Å². The van der Waals surface area contributed by atoms with E-state index in [1.807, 2.05) is 12.1 Å². The molecule has 0 saturated carbocycles. The molecule has 1 heterocycles. The summed E-state index contributed by atoms with van der Waals surface area (Å²) >= 11 is 0. The van der Waals surface area contributed by atoms with Crippen LogP contribution in [0.3, 0.4) is 0 Å². The average Bonchev–Trinajstić information content (AvgIpc) is 2.85. The Labute approximate surface area is 202 Å². The molecule has 0 saturated heterocycles. The molecule has 8 heteroatoms. The smallest absolute Gasteiger partial charge is 0.449 e. The lowest BCUT2D eigenvalue weighted by molar-refractivity contribution is -0.154. The Kier molecular flexibility index (Phi) is 5.72. The van der Waals surface area contributed by atoms with Crippen molar-refractivity contribution < 1.29 is 31.9 Å². The fraction of sp³-hybridized carbons (Fsp3) is 0.0714. The number of fused-ring (bicyclic) bond motifs is 2. The number of alkyl halides is 3. The van der Waals surface area contributed by atoms with E-state index < -0.39 is 34.7 Å². The second-order valence-electron chi connectivity index (χ2n) is 8.12. The van der Waals surface area contributed by atoms with Crippen LogP contribution in [-0.4, -0.2) is 5.97 Å². The van der Waals surface area contributed by atoms with Crippen molar-refractivity contribution in [1.82, 2.24) is 0 Å². The van der Waals surface area contributed by atoms with Crippen molar-refractivity contribution in [3.05, 3.63) is 112 Å². The Hall–Kier alpha value is -4.59. The first-order valence-electron chi connectivity index (χ1n) is 10.8. The topological polar surface area (TPSA) is 65.7 Å². The molecule has 0 aliphatic carbocycles. The zero-order chi connectivity index (χ0) is 25.4. The molecule has 36 heavy (non-hydrogen) atoms. The molecule has 180 valence electrons. The van der Waals surface area contributed by atoms with E-state index in [-0.39, 0.29) is 22.4 Å². The fourth-order valence-corrected chi connectivity index (χ4v) is 3.79. The lowest BCUT2D eigenvalue weighted by Gasteiger charge is -2.14. The lowest BCUT2D eigenvalue weighted by atomic mass is 10.1. The summed E-state index contributed by atoms with van der Waals surface area (Å²) in [5.41, 5.74) is -0.296. The van der Waals surface area contributed by atoms with Crippen LogP contribution in [0, 0.1) is 6.92 Å². The molecule has 0 bridgehead atoms. The van der Waals surface area contributed by atoms with Gasteiger partial charge >= 0.3 is 12.1 Å². The Morgan fingerprint density at radius 2 is 1.58 bits per heavy atom. The number of aryl methyl sites for hydroxylation is 1. The van der Waals surface area contributed by atoms with Gasteiger partial charge in [0.05, 0.1) is 10.9 Å². The number of ether oxygens (including phenoxy) is 2. The Morgan fingerprint density at radius 3 is 2.33 bits per heavy atom. The van der Waals surface area contributed by atoms with Crippen molar-refractivity contribution in [2.24, 2.45) is 0 Å². The Bertz CT molecular complexity index is 1690. The van der Waals surface area contributed by atoms with Gasteiger partial charge in [-0.2, -0.15) is 13.2 Å². The van der Waals surface area contributed by atoms with Crippen molar-refractivity contribution in [2.45, 2.75) is 13.1 Å². The van der Waals surface area contributed by atoms with Gasteiger partial charge in [0, 0.05) is 6.07 Å². The van der Waals surface area contributed by atoms with Crippen LogP contribution in [0.4, 0.5) is 13.2 Å². The molecule has 5 nitrogen and oxygen atoms in total. The van der Waals surface area contributed by atoms with E-state index in [9.17, 15) is 22.8 Å². The summed E-state index contributed by atoms with van der Waals surface area (Å²) in [6, 6.07) is 22.2. The molecule has 0 N–H and O–H groups in total. The molecular formula is C28H17F3O5. The minimum Gasteiger partial charge on any atom is -0.449 e. The molecule has 1 aromatic heterocycles. The van der Waals surface area contributed by atoms with E-state index in [1.54, 1.807) is 49.4 Å². The number of hydrogen-bond donors (Lipinski definition) is 0. The Morgan fingerprint density at radius 1 is 0.833 bits per heavy atom. The van der Waals surface area contributed by atoms with Gasteiger partial charge in [-0.25, -0.2) is 4.79 Å². The highest BCUT2D eigenvalue weighted by Gasteiger charge is 2.40. The maximum absolute atomic E-state index is 13.9. The van der Waals surface area contributed by atoms with Crippen molar-refractivity contribution in [2.75, 3.05) is 0 Å². The van der Waals surface area contributed by atoms with Gasteiger partial charge < -0.3 is 13.9 Å². The highest BCUT2D eigenvalue weighted by atomic mass is 19.4. The van der Waals surface area contributed by atoms with E-state index in [4.69, 9.17) is 13.9 Å². The third-order valence-corrected chi connectivity index (χ3v) is 5.48. The van der Waals surface area contributed by atoms with Crippen LogP contribution in [0.2, 0.25) is 0 Å². The van der Waals surface area contributed by atoms with Crippen molar-refractivity contribution >= 4 is 27.7 Å². The zero-order valence-corrected chi connectivity index (χ0v) is 18.8. The van der Waals surface area contributed by atoms with E-state index in [0.29, 0.717) is 0 Å². The van der Waals surface area contributed by atoms with Crippen LogP contribution >= 0.6 is 0 Å². The highest BCUT2D eigenvalue weighted by Crippen LogP contribution is 2.39. The van der Waals surface area contributed by atoms with Crippen molar-refractivity contribution in [3.8, 4) is 17.2 Å². The molecular weight excluding hydrogens is 473 g/mol. The molecule has 0 fully saturated rings. The number of carbonyl (C=O) groups is 1. The average molecular weight is 490 g/mol. The van der Waals surface area contributed by atoms with E-state index in [0.717, 1.165) is 22.4 Å². The summed E-state index contributed by atoms with van der Waals surface area (Å²) in [5.74, 6) is -3.29. The van der Waals surface area contributed by atoms with Crippen LogP contribution in [0.1, 0.15) is 21.7 Å². The third-order valence-electron chi connectivity index (χ3n) is 5.48. The molecule has 0 amide bonds. The molecule has 0 unspecified atom stereocenters. The first kappa shape index (κ1) is 23.2. The summed E-state index contributed by atoms with van der Waals surface area (Å²) in [6.07, 6.45) is -5.02. The monoisotopic (exact) mass is 490 g/mol. The summed E-state index contributed by atoms with van der Waals surface area (Å²) in [6.45, 7) is 1.80. The van der Waals surface area contributed by atoms with Crippen molar-refractivity contribution in [1.29, 1.82) is 0 Å². The maximum atomic E-state index is 13.9. The number of carbonyl (C=O) groups excluding carboxylic acids is 1. The summed E-state index contributed by atoms with van der Waals surface area (Å²) in [7, 11) is 0. The summed E-state index contributed by atoms with van der Waals surface area (Å²) in [4.78, 5) is 25.5. The normalized spacial score (nSPS) is 11.6. The SMILES string of the molecule is Cc1cccc(C(=O)Oc2ccc3c(=O)c(Oc4ccc5ccccc5c4)c(C(F)(F)F)oc3c2)c1. The third kappa shape index (κ3) is 4.53. The van der Waals surface area contributed by atoms with Crippen LogP contribution < -0.4 is 14.9 Å². The van der Waals surface area contributed by atoms with Crippen LogP contribution in [0.15, 0.2) is 94.1 Å². The highest BCUT2D eigenvalue weighted by molar-refractivity contribution is 5.92. The number of hydrogen-bond acceptors (Lipinski definition) is 5. The van der Waals surface area contributed by atoms with Gasteiger partial charge in [0.25, 0.3) is 5.76 Å². The number of esters is 1. The summed E-state index contributed by atoms with van der Waals surface area (Å²) < 4.78 is 57.5. The molecule has 5 aromatic rings. The first-order chi connectivity index (χ1) is 17.2. The number of benzene rings is 4. The lowest BCUT2D eigenvalue weighted by Crippen LogP contribution is -2.15. The molecule has 0 spiro atoms. The predicted molar refractivity (Wildman–Crippen MR) is 128 cm³/mol. The minimum atomic E-state index is -5.02. The van der Waals surface area contributed by atoms with Gasteiger partial charge in [-0.15, -0.1) is 0 Å². The predicted octanol–water partition coefficient (Wildman–Crippen LogP) is 7.28. The maximum Gasteiger partial charge on any atom is 0.453 e. The van der Waals surface area contributed by atoms with Crippen LogP contribution in [0.5, 0.6) is 17.2 Å². The van der Waals surface area contributed by atoms with Crippen molar-refractivity contribution in [3.63, 3.8) is 0 Å². The molecule has 0 radical (unpaired) electrons. The molecule has 0 aliphatic heterocycles. The molecule has 5 rings (SSSR count). The summed E-state index contributed by atoms with van der Waals surface area (Å²) in [5, 5.41) is 1.43. The van der Waals surface area contributed by atoms with Crippen LogP contribution in [-0.2, 0) is 6.18 Å². The van der Waals surface area contributed by atoms with E-state index >= 15 is 0 Å². The van der Waals surface area contributed by atoms with Gasteiger partial charge in [0.15, 0.2) is 0 Å². The van der Waals surface area contributed by atoms with Gasteiger partial charge in [-0.05, 0) is 54.1 Å². The Balaban J connectivity index is 1.55. The van der Waals surface area contributed by atoms with Crippen LogP contribution in [0.25, 0.3) is 21.7 Å². The number of halogens is 3. The fourth-order valence-electron chi connectivity index (χ4n) is 3.79. The first-order valence-corrected chi connectivity index (χ1v) is 10.8. The minimum absolute atomic E-state index is 0.0505. The molecule has 0 aliphatic rings. The second-order valence-corrected chi connectivity index (χ2v) is 8.12. The second kappa shape index (κ2) is 8.88.